The second-order valence-corrected chi connectivity index (χ2v) is 8.01. The minimum atomic E-state index is -0.788. The second-order valence-electron chi connectivity index (χ2n) is 7.13. The molecule has 162 valence electrons. The topological polar surface area (TPSA) is 61.8 Å². The zero-order valence-corrected chi connectivity index (χ0v) is 18.8. The Morgan fingerprint density at radius 3 is 2.23 bits per heavy atom. The molecule has 0 N–H and O–H groups in total. The van der Waals surface area contributed by atoms with E-state index in [-0.39, 0.29) is 22.3 Å². The SMILES string of the molecule is CCCCCOc1ccc(OC(=O)c2ccc(OC(=O)C(Cl)C(C)C)c(Cl)c2)cc1. The van der Waals surface area contributed by atoms with Crippen LogP contribution >= 0.6 is 23.2 Å². The van der Waals surface area contributed by atoms with Crippen LogP contribution in [0.2, 0.25) is 5.02 Å². The highest BCUT2D eigenvalue weighted by molar-refractivity contribution is 6.33. The first-order valence-corrected chi connectivity index (χ1v) is 10.7. The lowest BCUT2D eigenvalue weighted by Crippen LogP contribution is -2.25. The van der Waals surface area contributed by atoms with E-state index >= 15 is 0 Å². The van der Waals surface area contributed by atoms with Crippen LogP contribution in [0.25, 0.3) is 0 Å². The predicted octanol–water partition coefficient (Wildman–Crippen LogP) is 6.30. The number of carbonyl (C=O) groups is 2. The molecule has 0 radical (unpaired) electrons. The summed E-state index contributed by atoms with van der Waals surface area (Å²) in [5.41, 5.74) is 0.228. The van der Waals surface area contributed by atoms with Gasteiger partial charge >= 0.3 is 11.9 Å². The Hall–Kier alpha value is -2.24. The Bertz CT molecular complexity index is 849. The number of unbranched alkanes of at least 4 members (excludes halogenated alkanes) is 2. The van der Waals surface area contributed by atoms with Gasteiger partial charge in [-0.1, -0.05) is 45.2 Å². The molecule has 30 heavy (non-hydrogen) atoms. The molecule has 0 aliphatic rings. The molecule has 0 bridgehead atoms. The Morgan fingerprint density at radius 2 is 1.63 bits per heavy atom. The van der Waals surface area contributed by atoms with Crippen LogP contribution in [0.4, 0.5) is 0 Å². The number of ether oxygens (including phenoxy) is 3. The molecule has 0 aliphatic carbocycles. The summed E-state index contributed by atoms with van der Waals surface area (Å²) in [4.78, 5) is 24.4. The number of carbonyl (C=O) groups excluding carboxylic acids is 2. The van der Waals surface area contributed by atoms with E-state index < -0.39 is 17.3 Å². The summed E-state index contributed by atoms with van der Waals surface area (Å²) in [5.74, 6) is -0.0207. The molecule has 7 heteroatoms. The smallest absolute Gasteiger partial charge is 0.343 e. The van der Waals surface area contributed by atoms with Crippen molar-refractivity contribution in [2.24, 2.45) is 5.92 Å². The van der Waals surface area contributed by atoms with Crippen molar-refractivity contribution in [3.8, 4) is 17.2 Å². The molecule has 2 aromatic rings. The summed E-state index contributed by atoms with van der Waals surface area (Å²) in [6.45, 7) is 6.41. The van der Waals surface area contributed by atoms with Gasteiger partial charge in [0.15, 0.2) is 0 Å². The maximum atomic E-state index is 12.4. The van der Waals surface area contributed by atoms with Crippen LogP contribution in [0.1, 0.15) is 50.4 Å². The van der Waals surface area contributed by atoms with Crippen molar-refractivity contribution >= 4 is 35.1 Å². The van der Waals surface area contributed by atoms with E-state index in [4.69, 9.17) is 37.4 Å². The lowest BCUT2D eigenvalue weighted by Gasteiger charge is -2.13. The van der Waals surface area contributed by atoms with Crippen LogP contribution in [0.15, 0.2) is 42.5 Å². The van der Waals surface area contributed by atoms with Gasteiger partial charge in [0.05, 0.1) is 17.2 Å². The third kappa shape index (κ3) is 7.22. The molecule has 0 aliphatic heterocycles. The highest BCUT2D eigenvalue weighted by Gasteiger charge is 2.22. The molecule has 0 saturated carbocycles. The van der Waals surface area contributed by atoms with Crippen molar-refractivity contribution in [3.63, 3.8) is 0 Å². The maximum absolute atomic E-state index is 12.4. The van der Waals surface area contributed by atoms with Gasteiger partial charge in [-0.2, -0.15) is 0 Å². The molecule has 2 aromatic carbocycles. The molecule has 5 nitrogen and oxygen atoms in total. The van der Waals surface area contributed by atoms with E-state index in [1.54, 1.807) is 24.3 Å². The largest absolute Gasteiger partial charge is 0.494 e. The fourth-order valence-corrected chi connectivity index (χ4v) is 2.72. The van der Waals surface area contributed by atoms with Crippen LogP contribution in [0, 0.1) is 5.92 Å². The standard InChI is InChI=1S/C23H26Cl2O5/c1-4-5-6-13-28-17-8-10-18(11-9-17)29-22(26)16-7-12-20(19(24)14-16)30-23(27)21(25)15(2)3/h7-12,14-15,21H,4-6,13H2,1-3H3. The van der Waals surface area contributed by atoms with Gasteiger partial charge in [-0.05, 0) is 54.8 Å². The minimum Gasteiger partial charge on any atom is -0.494 e. The normalized spacial score (nSPS) is 11.8. The van der Waals surface area contributed by atoms with Gasteiger partial charge in [0.25, 0.3) is 0 Å². The summed E-state index contributed by atoms with van der Waals surface area (Å²) in [6, 6.07) is 11.1. The molecule has 0 spiro atoms. The average molecular weight is 453 g/mol. The quantitative estimate of drug-likeness (QED) is 0.183. The van der Waals surface area contributed by atoms with Gasteiger partial charge < -0.3 is 14.2 Å². The molecule has 2 rings (SSSR count). The highest BCUT2D eigenvalue weighted by atomic mass is 35.5. The summed E-state index contributed by atoms with van der Waals surface area (Å²) >= 11 is 12.1. The van der Waals surface area contributed by atoms with Crippen LogP contribution in [-0.2, 0) is 4.79 Å². The number of halogens is 2. The molecular formula is C23H26Cl2O5. The summed E-state index contributed by atoms with van der Waals surface area (Å²) in [6.07, 6.45) is 3.26. The lowest BCUT2D eigenvalue weighted by molar-refractivity contribution is -0.134. The molecule has 0 heterocycles. The van der Waals surface area contributed by atoms with Crippen molar-refractivity contribution in [1.29, 1.82) is 0 Å². The van der Waals surface area contributed by atoms with Gasteiger partial charge in [0.1, 0.15) is 22.6 Å². The van der Waals surface area contributed by atoms with E-state index in [1.807, 2.05) is 13.8 Å². The molecule has 0 fully saturated rings. The molecular weight excluding hydrogens is 427 g/mol. The predicted molar refractivity (Wildman–Crippen MR) is 118 cm³/mol. The van der Waals surface area contributed by atoms with Crippen molar-refractivity contribution < 1.29 is 23.8 Å². The number of esters is 2. The van der Waals surface area contributed by atoms with Crippen LogP contribution in [-0.4, -0.2) is 23.9 Å². The van der Waals surface area contributed by atoms with Crippen LogP contribution < -0.4 is 14.2 Å². The first-order chi connectivity index (χ1) is 14.3. The minimum absolute atomic E-state index is 0.0830. The number of hydrogen-bond acceptors (Lipinski definition) is 5. The number of hydrogen-bond donors (Lipinski definition) is 0. The summed E-state index contributed by atoms with van der Waals surface area (Å²) < 4.78 is 16.2. The Labute approximate surface area is 187 Å². The Morgan fingerprint density at radius 1 is 0.967 bits per heavy atom. The number of benzene rings is 2. The lowest BCUT2D eigenvalue weighted by atomic mass is 10.1. The van der Waals surface area contributed by atoms with Crippen molar-refractivity contribution in [2.45, 2.75) is 45.4 Å². The van der Waals surface area contributed by atoms with Crippen molar-refractivity contribution in [3.05, 3.63) is 53.1 Å². The molecule has 0 aromatic heterocycles. The Balaban J connectivity index is 1.95. The van der Waals surface area contributed by atoms with Gasteiger partial charge in [-0.3, -0.25) is 4.79 Å². The molecule has 0 amide bonds. The van der Waals surface area contributed by atoms with Crippen molar-refractivity contribution in [2.75, 3.05) is 6.61 Å². The fraction of sp³-hybridized carbons (Fsp3) is 0.391. The summed E-state index contributed by atoms with van der Waals surface area (Å²) in [7, 11) is 0. The molecule has 0 saturated heterocycles. The Kier molecular flexibility index (Phi) is 9.47. The van der Waals surface area contributed by atoms with Crippen molar-refractivity contribution in [1.82, 2.24) is 0 Å². The number of alkyl halides is 1. The molecule has 1 unspecified atom stereocenters. The van der Waals surface area contributed by atoms with Gasteiger partial charge in [-0.15, -0.1) is 11.6 Å². The second kappa shape index (κ2) is 11.8. The zero-order chi connectivity index (χ0) is 22.1. The highest BCUT2D eigenvalue weighted by Crippen LogP contribution is 2.28. The monoisotopic (exact) mass is 452 g/mol. The fourth-order valence-electron chi connectivity index (χ4n) is 2.46. The third-order valence-electron chi connectivity index (χ3n) is 4.24. The number of rotatable bonds is 10. The van der Waals surface area contributed by atoms with Crippen LogP contribution in [0.5, 0.6) is 17.2 Å². The van der Waals surface area contributed by atoms with E-state index in [2.05, 4.69) is 6.92 Å². The van der Waals surface area contributed by atoms with Crippen LogP contribution in [0.3, 0.4) is 0 Å². The van der Waals surface area contributed by atoms with Gasteiger partial charge in [-0.25, -0.2) is 4.79 Å². The zero-order valence-electron chi connectivity index (χ0n) is 17.3. The van der Waals surface area contributed by atoms with Gasteiger partial charge in [0.2, 0.25) is 0 Å². The van der Waals surface area contributed by atoms with E-state index in [9.17, 15) is 9.59 Å². The van der Waals surface area contributed by atoms with E-state index in [0.717, 1.165) is 25.0 Å². The average Bonchev–Trinajstić information content (AvgIpc) is 2.73. The summed E-state index contributed by atoms with van der Waals surface area (Å²) in [5, 5.41) is -0.675. The van der Waals surface area contributed by atoms with E-state index in [0.29, 0.717) is 12.4 Å². The first kappa shape index (κ1) is 24.0. The molecule has 1 atom stereocenters. The van der Waals surface area contributed by atoms with E-state index in [1.165, 1.54) is 18.2 Å². The third-order valence-corrected chi connectivity index (χ3v) is 5.22. The maximum Gasteiger partial charge on any atom is 0.343 e. The first-order valence-electron chi connectivity index (χ1n) is 9.92. The van der Waals surface area contributed by atoms with Gasteiger partial charge in [0, 0.05) is 0 Å².